The van der Waals surface area contributed by atoms with Gasteiger partial charge in [0.25, 0.3) is 5.91 Å². The largest absolute Gasteiger partial charge is 0.482 e. The molecule has 0 N–H and O–H groups in total. The predicted molar refractivity (Wildman–Crippen MR) is 110 cm³/mol. The van der Waals surface area contributed by atoms with Gasteiger partial charge in [-0.05, 0) is 55.3 Å². The lowest BCUT2D eigenvalue weighted by molar-refractivity contribution is -0.134. The second-order valence-corrected chi connectivity index (χ2v) is 7.90. The number of benzene rings is 2. The average molecular weight is 453 g/mol. The Morgan fingerprint density at radius 1 is 1.07 bits per heavy atom. The third-order valence-electron chi connectivity index (χ3n) is 4.42. The molecule has 1 heterocycles. The molecule has 0 saturated heterocycles. The Morgan fingerprint density at radius 2 is 1.79 bits per heavy atom. The maximum atomic E-state index is 12.7. The highest BCUT2D eigenvalue weighted by Crippen LogP contribution is 2.30. The number of rotatable bonds is 7. The Bertz CT molecular complexity index is 1020. The number of hydrogen-bond donors (Lipinski definition) is 0. The Hall–Kier alpha value is -2.28. The van der Waals surface area contributed by atoms with E-state index in [0.717, 1.165) is 18.4 Å². The van der Waals surface area contributed by atoms with Crippen molar-refractivity contribution in [3.63, 3.8) is 0 Å². The van der Waals surface area contributed by atoms with E-state index in [2.05, 4.69) is 10.2 Å². The lowest BCUT2D eigenvalue weighted by atomic mass is 10.2. The van der Waals surface area contributed by atoms with Gasteiger partial charge in [0.2, 0.25) is 11.8 Å². The van der Waals surface area contributed by atoms with Crippen LogP contribution in [0.3, 0.4) is 0 Å². The fraction of sp³-hybridized carbons (Fsp3) is 0.250. The van der Waals surface area contributed by atoms with Crippen molar-refractivity contribution in [2.24, 2.45) is 0 Å². The first-order valence-corrected chi connectivity index (χ1v) is 10.1. The predicted octanol–water partition coefficient (Wildman–Crippen LogP) is 5.27. The average Bonchev–Trinajstić information content (AvgIpc) is 3.43. The van der Waals surface area contributed by atoms with Gasteiger partial charge in [-0.2, -0.15) is 0 Å². The normalized spacial score (nSPS) is 13.3. The van der Waals surface area contributed by atoms with Crippen LogP contribution >= 0.6 is 34.8 Å². The molecule has 1 aliphatic carbocycles. The Morgan fingerprint density at radius 3 is 2.48 bits per heavy atom. The van der Waals surface area contributed by atoms with E-state index in [9.17, 15) is 4.79 Å². The number of carbonyl (C=O) groups is 1. The maximum absolute atomic E-state index is 12.7. The fourth-order valence-corrected chi connectivity index (χ4v) is 3.38. The summed E-state index contributed by atoms with van der Waals surface area (Å²) in [6.07, 6.45) is 1.87. The summed E-state index contributed by atoms with van der Waals surface area (Å²) < 4.78 is 11.3. The van der Waals surface area contributed by atoms with E-state index in [4.69, 9.17) is 44.0 Å². The minimum Gasteiger partial charge on any atom is -0.482 e. The molecule has 1 amide bonds. The fourth-order valence-electron chi connectivity index (χ4n) is 2.79. The van der Waals surface area contributed by atoms with Gasteiger partial charge < -0.3 is 14.1 Å². The lowest BCUT2D eigenvalue weighted by Gasteiger charge is -2.20. The molecule has 1 saturated carbocycles. The number of hydrogen-bond acceptors (Lipinski definition) is 5. The topological polar surface area (TPSA) is 68.5 Å². The standard InChI is InChI=1S/C20H16Cl3N3O3/c21-13-3-1-12(2-4-13)20-25-24-18(29-20)10-26(15-6-7-15)19(27)11-28-17-8-5-14(22)9-16(17)23/h1-5,8-9,15H,6-7,10-11H2. The van der Waals surface area contributed by atoms with Gasteiger partial charge in [-0.25, -0.2) is 0 Å². The summed E-state index contributed by atoms with van der Waals surface area (Å²) in [6, 6.07) is 12.1. The molecule has 4 rings (SSSR count). The van der Waals surface area contributed by atoms with Crippen LogP contribution in [0, 0.1) is 0 Å². The van der Waals surface area contributed by atoms with E-state index in [1.54, 1.807) is 47.4 Å². The van der Waals surface area contributed by atoms with Crippen molar-refractivity contribution in [1.29, 1.82) is 0 Å². The van der Waals surface area contributed by atoms with Crippen LogP contribution in [-0.4, -0.2) is 33.7 Å². The number of ether oxygens (including phenoxy) is 1. The van der Waals surface area contributed by atoms with Crippen molar-refractivity contribution in [1.82, 2.24) is 15.1 Å². The van der Waals surface area contributed by atoms with Gasteiger partial charge in [0, 0.05) is 21.7 Å². The summed E-state index contributed by atoms with van der Waals surface area (Å²) in [4.78, 5) is 14.4. The summed E-state index contributed by atoms with van der Waals surface area (Å²) >= 11 is 17.9. The molecule has 6 nitrogen and oxygen atoms in total. The minimum absolute atomic E-state index is 0.143. The van der Waals surface area contributed by atoms with Gasteiger partial charge in [0.15, 0.2) is 6.61 Å². The van der Waals surface area contributed by atoms with Crippen LogP contribution in [0.4, 0.5) is 0 Å². The van der Waals surface area contributed by atoms with Crippen LogP contribution in [0.25, 0.3) is 11.5 Å². The molecule has 3 aromatic rings. The van der Waals surface area contributed by atoms with Gasteiger partial charge >= 0.3 is 0 Å². The van der Waals surface area contributed by atoms with Crippen molar-refractivity contribution >= 4 is 40.7 Å². The van der Waals surface area contributed by atoms with E-state index in [-0.39, 0.29) is 25.1 Å². The van der Waals surface area contributed by atoms with Gasteiger partial charge in [0.1, 0.15) is 5.75 Å². The smallest absolute Gasteiger partial charge is 0.261 e. The summed E-state index contributed by atoms with van der Waals surface area (Å²) in [5.41, 5.74) is 0.762. The van der Waals surface area contributed by atoms with E-state index in [0.29, 0.717) is 32.6 Å². The molecule has 150 valence electrons. The molecule has 1 aliphatic rings. The Kier molecular flexibility index (Phi) is 5.94. The van der Waals surface area contributed by atoms with Gasteiger partial charge in [-0.15, -0.1) is 10.2 Å². The zero-order valence-corrected chi connectivity index (χ0v) is 17.4. The minimum atomic E-state index is -0.176. The third-order valence-corrected chi connectivity index (χ3v) is 5.20. The van der Waals surface area contributed by atoms with Crippen molar-refractivity contribution in [2.75, 3.05) is 6.61 Å². The number of carbonyl (C=O) groups excluding carboxylic acids is 1. The van der Waals surface area contributed by atoms with Gasteiger partial charge in [-0.1, -0.05) is 34.8 Å². The highest BCUT2D eigenvalue weighted by Gasteiger charge is 2.34. The van der Waals surface area contributed by atoms with Crippen LogP contribution < -0.4 is 4.74 Å². The van der Waals surface area contributed by atoms with Crippen molar-refractivity contribution in [3.8, 4) is 17.2 Å². The molecule has 0 aliphatic heterocycles. The van der Waals surface area contributed by atoms with Gasteiger partial charge in [0.05, 0.1) is 11.6 Å². The number of aromatic nitrogens is 2. The molecule has 9 heteroatoms. The summed E-state index contributed by atoms with van der Waals surface area (Å²) in [6.45, 7) is 0.0812. The third kappa shape index (κ3) is 5.01. The molecule has 0 atom stereocenters. The molecule has 2 aromatic carbocycles. The van der Waals surface area contributed by atoms with Crippen molar-refractivity contribution in [3.05, 3.63) is 63.4 Å². The highest BCUT2D eigenvalue weighted by molar-refractivity contribution is 6.35. The van der Waals surface area contributed by atoms with Crippen molar-refractivity contribution < 1.29 is 13.9 Å². The van der Waals surface area contributed by atoms with Crippen LogP contribution in [0.5, 0.6) is 5.75 Å². The molecular formula is C20H16Cl3N3O3. The van der Waals surface area contributed by atoms with E-state index in [1.807, 2.05) is 0 Å². The maximum Gasteiger partial charge on any atom is 0.261 e. The van der Waals surface area contributed by atoms with Gasteiger partial charge in [-0.3, -0.25) is 4.79 Å². The molecule has 0 radical (unpaired) electrons. The summed E-state index contributed by atoms with van der Waals surface area (Å²) in [7, 11) is 0. The van der Waals surface area contributed by atoms with Crippen LogP contribution in [0.15, 0.2) is 46.9 Å². The van der Waals surface area contributed by atoms with E-state index < -0.39 is 0 Å². The van der Waals surface area contributed by atoms with Crippen LogP contribution in [0.1, 0.15) is 18.7 Å². The molecule has 0 spiro atoms. The molecule has 1 fully saturated rings. The first kappa shape index (κ1) is 20.0. The SMILES string of the molecule is O=C(COc1ccc(Cl)cc1Cl)N(Cc1nnc(-c2ccc(Cl)cc2)o1)C1CC1. The number of nitrogens with zero attached hydrogens (tertiary/aromatic N) is 3. The van der Waals surface area contributed by atoms with Crippen LogP contribution in [-0.2, 0) is 11.3 Å². The number of halogens is 3. The Balaban J connectivity index is 1.41. The molecule has 0 unspecified atom stereocenters. The first-order valence-electron chi connectivity index (χ1n) is 8.95. The second-order valence-electron chi connectivity index (χ2n) is 6.62. The Labute approximate surface area is 182 Å². The molecular weight excluding hydrogens is 437 g/mol. The van der Waals surface area contributed by atoms with Crippen LogP contribution in [0.2, 0.25) is 15.1 Å². The molecule has 29 heavy (non-hydrogen) atoms. The number of amides is 1. The van der Waals surface area contributed by atoms with E-state index in [1.165, 1.54) is 0 Å². The highest BCUT2D eigenvalue weighted by atomic mass is 35.5. The first-order chi connectivity index (χ1) is 14.0. The zero-order valence-electron chi connectivity index (χ0n) is 15.1. The second kappa shape index (κ2) is 8.61. The molecule has 0 bridgehead atoms. The summed E-state index contributed by atoms with van der Waals surface area (Å²) in [5, 5.41) is 9.61. The quantitative estimate of drug-likeness (QED) is 0.489. The zero-order chi connectivity index (χ0) is 20.4. The monoisotopic (exact) mass is 451 g/mol. The summed E-state index contributed by atoms with van der Waals surface area (Å²) in [5.74, 6) is 0.969. The molecule has 1 aromatic heterocycles. The van der Waals surface area contributed by atoms with Crippen molar-refractivity contribution in [2.45, 2.75) is 25.4 Å². The lowest BCUT2D eigenvalue weighted by Crippen LogP contribution is -2.36. The van der Waals surface area contributed by atoms with E-state index >= 15 is 0 Å².